The fourth-order valence-electron chi connectivity index (χ4n) is 5.56. The summed E-state index contributed by atoms with van der Waals surface area (Å²) in [6, 6.07) is 14.1. The fourth-order valence-corrected chi connectivity index (χ4v) is 5.56. The number of nitrogens with zero attached hydrogens (tertiary/aromatic N) is 2. The van der Waals surface area contributed by atoms with Gasteiger partial charge in [0.25, 0.3) is 5.69 Å². The molecule has 8 heteroatoms. The molecule has 5 rings (SSSR count). The van der Waals surface area contributed by atoms with Gasteiger partial charge in [-0.05, 0) is 30.5 Å². The van der Waals surface area contributed by atoms with Crippen LogP contribution in [0.25, 0.3) is 6.08 Å². The third-order valence-corrected chi connectivity index (χ3v) is 6.90. The van der Waals surface area contributed by atoms with Gasteiger partial charge in [0.1, 0.15) is 5.82 Å². The molecule has 2 atom stereocenters. The molecule has 1 unspecified atom stereocenters. The first-order valence-electron chi connectivity index (χ1n) is 11.8. The maximum absolute atomic E-state index is 14.4. The molecule has 2 aromatic rings. The molecule has 2 saturated heterocycles. The second-order valence-electron chi connectivity index (χ2n) is 9.42. The summed E-state index contributed by atoms with van der Waals surface area (Å²) in [5.41, 5.74) is 0.442. The average Bonchev–Trinajstić information content (AvgIpc) is 3.25. The van der Waals surface area contributed by atoms with Gasteiger partial charge in [-0.3, -0.25) is 15.0 Å². The molecule has 2 spiro atoms. The lowest BCUT2D eigenvalue weighted by atomic mass is 9.79. The molecule has 7 nitrogen and oxygen atoms in total. The molecule has 0 radical (unpaired) electrons. The zero-order chi connectivity index (χ0) is 23.6. The molecule has 1 saturated carbocycles. The van der Waals surface area contributed by atoms with E-state index in [0.717, 1.165) is 32.4 Å². The summed E-state index contributed by atoms with van der Waals surface area (Å²) < 4.78 is 33.1. The van der Waals surface area contributed by atoms with Crippen LogP contribution in [-0.2, 0) is 20.8 Å². The van der Waals surface area contributed by atoms with Gasteiger partial charge in [-0.2, -0.15) is 0 Å². The average molecular weight is 469 g/mol. The fraction of sp³-hybridized carbons (Fsp3) is 0.462. The van der Waals surface area contributed by atoms with Crippen LogP contribution in [0.2, 0.25) is 0 Å². The van der Waals surface area contributed by atoms with Crippen molar-refractivity contribution >= 4 is 11.8 Å². The van der Waals surface area contributed by atoms with Crippen molar-refractivity contribution in [2.75, 3.05) is 26.3 Å². The zero-order valence-electron chi connectivity index (χ0n) is 19.0. The Morgan fingerprint density at radius 1 is 1.12 bits per heavy atom. The molecule has 3 fully saturated rings. The predicted molar refractivity (Wildman–Crippen MR) is 125 cm³/mol. The highest BCUT2D eigenvalue weighted by Gasteiger charge is 2.52. The second kappa shape index (κ2) is 9.54. The minimum Gasteiger partial charge on any atom is -0.365 e. The van der Waals surface area contributed by atoms with E-state index in [-0.39, 0.29) is 17.4 Å². The van der Waals surface area contributed by atoms with Gasteiger partial charge < -0.3 is 14.2 Å². The molecule has 2 heterocycles. The van der Waals surface area contributed by atoms with Crippen molar-refractivity contribution in [3.05, 3.63) is 81.7 Å². The lowest BCUT2D eigenvalue weighted by Crippen LogP contribution is -2.59. The van der Waals surface area contributed by atoms with Crippen LogP contribution in [-0.4, -0.2) is 53.6 Å². The van der Waals surface area contributed by atoms with E-state index in [1.807, 2.05) is 18.2 Å². The third-order valence-electron chi connectivity index (χ3n) is 6.90. The monoisotopic (exact) mass is 468 g/mol. The Morgan fingerprint density at radius 3 is 2.68 bits per heavy atom. The number of ether oxygens (including phenoxy) is 3. The predicted octanol–water partition coefficient (Wildman–Crippen LogP) is 4.70. The van der Waals surface area contributed by atoms with E-state index in [4.69, 9.17) is 14.2 Å². The number of rotatable bonds is 5. The summed E-state index contributed by atoms with van der Waals surface area (Å²) in [5.74, 6) is -1.23. The van der Waals surface area contributed by atoms with Gasteiger partial charge in [0, 0.05) is 38.5 Å². The van der Waals surface area contributed by atoms with Gasteiger partial charge in [-0.1, -0.05) is 42.5 Å². The maximum atomic E-state index is 14.4. The Morgan fingerprint density at radius 2 is 1.91 bits per heavy atom. The summed E-state index contributed by atoms with van der Waals surface area (Å²) in [5, 5.41) is 11.4. The zero-order valence-corrected chi connectivity index (χ0v) is 19.0. The number of benzene rings is 2. The van der Waals surface area contributed by atoms with Crippen LogP contribution in [0.5, 0.6) is 0 Å². The van der Waals surface area contributed by atoms with E-state index in [0.29, 0.717) is 26.2 Å². The standard InChI is InChI=1S/C26H29FN2O5/c27-23-8-4-9-24(29(30)31)22(23)11-10-21-17-28(16-20-6-2-1-3-7-20)19-25(34-21)12-5-13-26(18-25)32-14-15-33-26/h1-4,6-11,21H,5,12-19H2/t21-,25?/m1/s1. The largest absolute Gasteiger partial charge is 0.365 e. The Hall–Kier alpha value is -2.65. The van der Waals surface area contributed by atoms with Crippen LogP contribution < -0.4 is 0 Å². The van der Waals surface area contributed by atoms with Crippen molar-refractivity contribution in [1.29, 1.82) is 0 Å². The molecule has 3 aliphatic rings. The molecular formula is C26H29FN2O5. The first-order chi connectivity index (χ1) is 16.5. The molecule has 0 amide bonds. The van der Waals surface area contributed by atoms with Crippen LogP contribution in [0, 0.1) is 15.9 Å². The van der Waals surface area contributed by atoms with Gasteiger partial charge in [0.2, 0.25) is 0 Å². The summed E-state index contributed by atoms with van der Waals surface area (Å²) in [7, 11) is 0. The minimum atomic E-state index is -0.624. The van der Waals surface area contributed by atoms with Gasteiger partial charge in [0.05, 0.1) is 35.4 Å². The summed E-state index contributed by atoms with van der Waals surface area (Å²) >= 11 is 0. The molecule has 0 bridgehead atoms. The van der Waals surface area contributed by atoms with Crippen molar-refractivity contribution in [1.82, 2.24) is 4.90 Å². The molecule has 1 aliphatic carbocycles. The summed E-state index contributed by atoms with van der Waals surface area (Å²) in [6.45, 7) is 3.27. The van der Waals surface area contributed by atoms with Crippen LogP contribution in [0.1, 0.15) is 36.8 Å². The Bertz CT molecular complexity index is 1060. The Kier molecular flexibility index (Phi) is 6.48. The van der Waals surface area contributed by atoms with E-state index in [9.17, 15) is 14.5 Å². The quantitative estimate of drug-likeness (QED) is 0.468. The van der Waals surface area contributed by atoms with Crippen molar-refractivity contribution in [3.8, 4) is 0 Å². The van der Waals surface area contributed by atoms with Crippen LogP contribution in [0.4, 0.5) is 10.1 Å². The van der Waals surface area contributed by atoms with E-state index in [2.05, 4.69) is 17.0 Å². The van der Waals surface area contributed by atoms with Crippen molar-refractivity contribution < 1.29 is 23.5 Å². The molecular weight excluding hydrogens is 439 g/mol. The highest BCUT2D eigenvalue weighted by Crippen LogP contribution is 2.45. The number of morpholine rings is 1. The van der Waals surface area contributed by atoms with Crippen molar-refractivity contribution in [3.63, 3.8) is 0 Å². The Labute approximate surface area is 198 Å². The second-order valence-corrected chi connectivity index (χ2v) is 9.42. The van der Waals surface area contributed by atoms with Gasteiger partial charge in [-0.25, -0.2) is 4.39 Å². The van der Waals surface area contributed by atoms with Crippen LogP contribution in [0.3, 0.4) is 0 Å². The van der Waals surface area contributed by atoms with E-state index in [1.165, 1.54) is 29.8 Å². The van der Waals surface area contributed by atoms with Crippen molar-refractivity contribution in [2.24, 2.45) is 0 Å². The van der Waals surface area contributed by atoms with E-state index < -0.39 is 22.1 Å². The third kappa shape index (κ3) is 4.90. The molecule has 2 aliphatic heterocycles. The number of hydrogen-bond acceptors (Lipinski definition) is 6. The smallest absolute Gasteiger partial charge is 0.279 e. The van der Waals surface area contributed by atoms with E-state index in [1.54, 1.807) is 6.08 Å². The van der Waals surface area contributed by atoms with Gasteiger partial charge in [0.15, 0.2) is 5.79 Å². The minimum absolute atomic E-state index is 0.0343. The Balaban J connectivity index is 1.42. The van der Waals surface area contributed by atoms with Gasteiger partial charge >= 0.3 is 0 Å². The molecule has 0 N–H and O–H groups in total. The lowest BCUT2D eigenvalue weighted by molar-refractivity contribution is -0.385. The number of nitro groups is 1. The molecule has 180 valence electrons. The maximum Gasteiger partial charge on any atom is 0.279 e. The highest BCUT2D eigenvalue weighted by atomic mass is 19.1. The topological polar surface area (TPSA) is 74.1 Å². The number of hydrogen-bond donors (Lipinski definition) is 0. The number of nitro benzene ring substituents is 1. The highest BCUT2D eigenvalue weighted by molar-refractivity contribution is 5.61. The first kappa shape index (κ1) is 23.1. The van der Waals surface area contributed by atoms with Crippen LogP contribution in [0.15, 0.2) is 54.6 Å². The molecule has 0 aromatic heterocycles. The lowest BCUT2D eigenvalue weighted by Gasteiger charge is -2.51. The van der Waals surface area contributed by atoms with E-state index >= 15 is 0 Å². The normalized spacial score (nSPS) is 27.0. The summed E-state index contributed by atoms with van der Waals surface area (Å²) in [6.07, 6.45) is 6.16. The SMILES string of the molecule is O=[N+]([O-])c1cccc(F)c1C=C[C@@H]1CN(Cc2ccccc2)CC2(CCCC3(C2)OCCO3)O1. The van der Waals surface area contributed by atoms with Gasteiger partial charge in [-0.15, -0.1) is 0 Å². The number of halogens is 1. The molecule has 2 aromatic carbocycles. The van der Waals surface area contributed by atoms with Crippen molar-refractivity contribution in [2.45, 2.75) is 49.7 Å². The first-order valence-corrected chi connectivity index (χ1v) is 11.8. The van der Waals surface area contributed by atoms with Crippen LogP contribution >= 0.6 is 0 Å². The summed E-state index contributed by atoms with van der Waals surface area (Å²) in [4.78, 5) is 13.2. The molecule has 34 heavy (non-hydrogen) atoms.